The molecule has 0 unspecified atom stereocenters. The summed E-state index contributed by atoms with van der Waals surface area (Å²) in [4.78, 5) is 5.37. The van der Waals surface area contributed by atoms with E-state index in [2.05, 4.69) is 123 Å². The second-order valence-electron chi connectivity index (χ2n) is 10.2. The maximum absolute atomic E-state index is 2.34. The van der Waals surface area contributed by atoms with Crippen molar-refractivity contribution >= 4 is 76.5 Å². The molecule has 0 spiro atoms. The molecule has 0 saturated heterocycles. The fourth-order valence-corrected chi connectivity index (χ4v) is 7.73. The van der Waals surface area contributed by atoms with Crippen molar-refractivity contribution in [2.45, 2.75) is 13.8 Å². The molecule has 0 saturated carbocycles. The van der Waals surface area contributed by atoms with Gasteiger partial charge in [-0.25, -0.2) is 0 Å². The minimum atomic E-state index is 1.30. The molecule has 0 amide bonds. The largest absolute Gasteiger partial charge is 0.141 e. The highest BCUT2D eigenvalue weighted by atomic mass is 32.1. The maximum Gasteiger partial charge on any atom is 0.0345 e. The molecule has 0 bridgehead atoms. The van der Waals surface area contributed by atoms with Gasteiger partial charge in [0.15, 0.2) is 0 Å². The number of thiophene rings is 2. The lowest BCUT2D eigenvalue weighted by atomic mass is 9.92. The fraction of sp³-hybridized carbons (Fsp3) is 0.0556. The minimum Gasteiger partial charge on any atom is -0.141 e. The average molecular weight is 521 g/mol. The summed E-state index contributed by atoms with van der Waals surface area (Å²) in [5.41, 5.74) is 2.59. The Morgan fingerprint density at radius 2 is 0.684 bits per heavy atom. The third-order valence-electron chi connectivity index (χ3n) is 7.88. The predicted octanol–water partition coefficient (Wildman–Crippen LogP) is 11.5. The molecule has 0 aliphatic carbocycles. The molecule has 0 aliphatic heterocycles. The van der Waals surface area contributed by atoms with Crippen LogP contribution in [-0.4, -0.2) is 0 Å². The zero-order valence-electron chi connectivity index (χ0n) is 21.2. The Morgan fingerprint density at radius 3 is 1.05 bits per heavy atom. The first kappa shape index (κ1) is 22.0. The van der Waals surface area contributed by atoms with Gasteiger partial charge < -0.3 is 0 Å². The normalized spacial score (nSPS) is 11.9. The van der Waals surface area contributed by atoms with E-state index in [1.165, 1.54) is 84.5 Å². The van der Waals surface area contributed by atoms with Crippen LogP contribution in [0.5, 0.6) is 0 Å². The van der Waals surface area contributed by atoms with Crippen molar-refractivity contribution < 1.29 is 0 Å². The number of hydrogen-bond donors (Lipinski definition) is 0. The second kappa shape index (κ2) is 8.26. The van der Waals surface area contributed by atoms with Crippen LogP contribution in [0.1, 0.15) is 9.75 Å². The molecule has 180 valence electrons. The van der Waals surface area contributed by atoms with Crippen LogP contribution in [0.2, 0.25) is 0 Å². The Balaban J connectivity index is 1.30. The van der Waals surface area contributed by atoms with Gasteiger partial charge in [0.2, 0.25) is 0 Å². The molecule has 8 rings (SSSR count). The molecule has 8 aromatic rings. The number of aryl methyl sites for hydroxylation is 2. The van der Waals surface area contributed by atoms with E-state index in [9.17, 15) is 0 Å². The molecule has 2 heteroatoms. The molecule has 0 aliphatic rings. The first-order valence-electron chi connectivity index (χ1n) is 13.0. The summed E-state index contributed by atoms with van der Waals surface area (Å²) in [5, 5.41) is 13.1. The fourth-order valence-electron chi connectivity index (χ4n) is 6.01. The van der Waals surface area contributed by atoms with Gasteiger partial charge in [-0.15, -0.1) is 22.7 Å². The van der Waals surface area contributed by atoms with Crippen LogP contribution < -0.4 is 0 Å². The molecule has 6 aromatic carbocycles. The number of fused-ring (bicyclic) bond motifs is 9. The monoisotopic (exact) mass is 520 g/mol. The Hall–Kier alpha value is -3.98. The van der Waals surface area contributed by atoms with Crippen LogP contribution in [0.15, 0.2) is 109 Å². The van der Waals surface area contributed by atoms with Gasteiger partial charge in [0.25, 0.3) is 0 Å². The minimum absolute atomic E-state index is 1.30. The van der Waals surface area contributed by atoms with Gasteiger partial charge in [-0.1, -0.05) is 72.8 Å². The summed E-state index contributed by atoms with van der Waals surface area (Å²) in [6.07, 6.45) is 0. The summed E-state index contributed by atoms with van der Waals surface area (Å²) in [7, 11) is 0. The topological polar surface area (TPSA) is 0 Å². The van der Waals surface area contributed by atoms with E-state index in [-0.39, 0.29) is 0 Å². The third-order valence-corrected chi connectivity index (χ3v) is 9.98. The Morgan fingerprint density at radius 1 is 0.342 bits per heavy atom. The highest BCUT2D eigenvalue weighted by molar-refractivity contribution is 7.15. The lowest BCUT2D eigenvalue weighted by molar-refractivity contribution is 1.64. The van der Waals surface area contributed by atoms with Crippen molar-refractivity contribution in [2.75, 3.05) is 0 Å². The van der Waals surface area contributed by atoms with Crippen LogP contribution in [0.25, 0.3) is 74.7 Å². The Labute approximate surface area is 229 Å². The van der Waals surface area contributed by atoms with Crippen LogP contribution in [0.4, 0.5) is 0 Å². The molecule has 38 heavy (non-hydrogen) atoms. The predicted molar refractivity (Wildman–Crippen MR) is 170 cm³/mol. The first-order chi connectivity index (χ1) is 18.6. The van der Waals surface area contributed by atoms with Gasteiger partial charge in [0.1, 0.15) is 0 Å². The van der Waals surface area contributed by atoms with E-state index in [0.29, 0.717) is 0 Å². The van der Waals surface area contributed by atoms with Gasteiger partial charge in [-0.3, -0.25) is 0 Å². The highest BCUT2D eigenvalue weighted by Crippen LogP contribution is 2.39. The highest BCUT2D eigenvalue weighted by Gasteiger charge is 2.11. The lowest BCUT2D eigenvalue weighted by Crippen LogP contribution is -1.85. The zero-order valence-corrected chi connectivity index (χ0v) is 22.8. The molecule has 0 atom stereocenters. The van der Waals surface area contributed by atoms with Crippen molar-refractivity contribution in [1.29, 1.82) is 0 Å². The molecule has 0 radical (unpaired) electrons. The van der Waals surface area contributed by atoms with Gasteiger partial charge in [0, 0.05) is 19.5 Å². The van der Waals surface area contributed by atoms with Gasteiger partial charge in [0.05, 0.1) is 0 Å². The summed E-state index contributed by atoms with van der Waals surface area (Å²) in [6.45, 7) is 4.34. The van der Waals surface area contributed by atoms with Crippen molar-refractivity contribution in [3.05, 3.63) is 119 Å². The second-order valence-corrected chi connectivity index (χ2v) is 12.8. The average Bonchev–Trinajstić information content (AvgIpc) is 3.59. The molecular weight excluding hydrogens is 497 g/mol. The number of benzene rings is 6. The molecule has 0 N–H and O–H groups in total. The maximum atomic E-state index is 2.34. The summed E-state index contributed by atoms with van der Waals surface area (Å²) in [5.74, 6) is 0. The van der Waals surface area contributed by atoms with Crippen molar-refractivity contribution in [2.24, 2.45) is 0 Å². The Bertz CT molecular complexity index is 2050. The molecule has 0 nitrogen and oxygen atoms in total. The lowest BCUT2D eigenvalue weighted by Gasteiger charge is -2.12. The number of hydrogen-bond acceptors (Lipinski definition) is 2. The van der Waals surface area contributed by atoms with E-state index >= 15 is 0 Å². The number of rotatable bonds is 2. The summed E-state index contributed by atoms with van der Waals surface area (Å²) in [6, 6.07) is 41.2. The molecular formula is C36H24S2. The van der Waals surface area contributed by atoms with Crippen molar-refractivity contribution in [3.63, 3.8) is 0 Å². The van der Waals surface area contributed by atoms with Gasteiger partial charge in [-0.05, 0) is 115 Å². The van der Waals surface area contributed by atoms with E-state index in [0.717, 1.165) is 0 Å². The van der Waals surface area contributed by atoms with Crippen LogP contribution >= 0.6 is 22.7 Å². The zero-order chi connectivity index (χ0) is 25.4. The van der Waals surface area contributed by atoms with Gasteiger partial charge >= 0.3 is 0 Å². The summed E-state index contributed by atoms with van der Waals surface area (Å²) < 4.78 is 0. The van der Waals surface area contributed by atoms with Crippen molar-refractivity contribution in [3.8, 4) is 20.9 Å². The van der Waals surface area contributed by atoms with Crippen molar-refractivity contribution in [1.82, 2.24) is 0 Å². The third kappa shape index (κ3) is 3.34. The SMILES string of the molecule is Cc1ccc(-c2ccc3c(ccc4c3ccc3c5ccc6cc(-c7ccc(C)s7)ccc6c5ccc43)c2)s1. The standard InChI is InChI=1S/C36H24S2/c1-21-3-17-35(37-21)25-7-9-27-23(19-25)5-11-31-29(27)13-15-34-32-12-6-24-20-26(36-18-4-22(2)38-36)8-10-28(24)30(32)14-16-33(31)34/h3-20H,1-2H3. The van der Waals surface area contributed by atoms with E-state index < -0.39 is 0 Å². The molecule has 2 aromatic heterocycles. The van der Waals surface area contributed by atoms with E-state index in [4.69, 9.17) is 0 Å². The van der Waals surface area contributed by atoms with Gasteiger partial charge in [-0.2, -0.15) is 0 Å². The van der Waals surface area contributed by atoms with Crippen LogP contribution in [-0.2, 0) is 0 Å². The van der Waals surface area contributed by atoms with Crippen LogP contribution in [0.3, 0.4) is 0 Å². The quantitative estimate of drug-likeness (QED) is 0.199. The molecule has 2 heterocycles. The van der Waals surface area contributed by atoms with E-state index in [1.807, 2.05) is 22.7 Å². The van der Waals surface area contributed by atoms with E-state index in [1.54, 1.807) is 0 Å². The first-order valence-corrected chi connectivity index (χ1v) is 14.6. The van der Waals surface area contributed by atoms with Crippen LogP contribution in [0, 0.1) is 13.8 Å². The molecule has 0 fully saturated rings. The Kier molecular flexibility index (Phi) is 4.79. The smallest absolute Gasteiger partial charge is 0.0345 e. The summed E-state index contributed by atoms with van der Waals surface area (Å²) >= 11 is 3.72.